The van der Waals surface area contributed by atoms with Crippen LogP contribution in [0.5, 0.6) is 0 Å². The highest BCUT2D eigenvalue weighted by Crippen LogP contribution is 2.35. The zero-order valence-electron chi connectivity index (χ0n) is 14.3. The summed E-state index contributed by atoms with van der Waals surface area (Å²) in [5.74, 6) is -0.0568. The molecule has 3 rings (SSSR count). The van der Waals surface area contributed by atoms with Crippen molar-refractivity contribution < 1.29 is 16.8 Å². The molecule has 1 fully saturated rings. The van der Waals surface area contributed by atoms with Crippen LogP contribution in [0.1, 0.15) is 23.9 Å². The molecule has 1 N–H and O–H groups in total. The van der Waals surface area contributed by atoms with E-state index in [1.165, 1.54) is 15.6 Å². The van der Waals surface area contributed by atoms with E-state index in [1.54, 1.807) is 19.9 Å². The van der Waals surface area contributed by atoms with E-state index in [1.807, 2.05) is 13.0 Å². The monoisotopic (exact) mass is 403 g/mol. The number of hydrogen-bond acceptors (Lipinski definition) is 6. The fourth-order valence-corrected chi connectivity index (χ4v) is 8.16. The van der Waals surface area contributed by atoms with E-state index in [9.17, 15) is 16.8 Å². The average molecular weight is 404 g/mol. The van der Waals surface area contributed by atoms with Crippen molar-refractivity contribution in [1.29, 1.82) is 0 Å². The summed E-state index contributed by atoms with van der Waals surface area (Å²) in [5.41, 5.74) is 1.61. The van der Waals surface area contributed by atoms with Crippen molar-refractivity contribution in [2.24, 2.45) is 0 Å². The fourth-order valence-electron chi connectivity index (χ4n) is 3.15. The van der Waals surface area contributed by atoms with E-state index in [0.29, 0.717) is 17.0 Å². The maximum atomic E-state index is 13.1. The van der Waals surface area contributed by atoms with E-state index in [4.69, 9.17) is 0 Å². The minimum atomic E-state index is -3.75. The highest BCUT2D eigenvalue weighted by Gasteiger charge is 2.39. The number of H-pyrrole nitrogens is 1. The van der Waals surface area contributed by atoms with Gasteiger partial charge >= 0.3 is 0 Å². The van der Waals surface area contributed by atoms with Crippen LogP contribution in [0.4, 0.5) is 0 Å². The van der Waals surface area contributed by atoms with Gasteiger partial charge in [-0.05, 0) is 32.4 Å². The summed E-state index contributed by atoms with van der Waals surface area (Å²) in [6.07, 6.45) is 0.351. The molecule has 1 unspecified atom stereocenters. The topological polar surface area (TPSA) is 100 Å². The second-order valence-corrected chi connectivity index (χ2v) is 11.6. The predicted octanol–water partition coefficient (Wildman–Crippen LogP) is 1.95. The van der Waals surface area contributed by atoms with Gasteiger partial charge in [-0.2, -0.15) is 9.40 Å². The average Bonchev–Trinajstić information content (AvgIpc) is 3.19. The Morgan fingerprint density at radius 2 is 2.08 bits per heavy atom. The van der Waals surface area contributed by atoms with Crippen LogP contribution < -0.4 is 0 Å². The van der Waals surface area contributed by atoms with Crippen molar-refractivity contribution >= 4 is 31.2 Å². The zero-order chi connectivity index (χ0) is 18.4. The second-order valence-electron chi connectivity index (χ2n) is 6.23. The van der Waals surface area contributed by atoms with E-state index < -0.39 is 25.9 Å². The van der Waals surface area contributed by atoms with Gasteiger partial charge in [-0.15, -0.1) is 11.3 Å². The van der Waals surface area contributed by atoms with Crippen molar-refractivity contribution in [2.45, 2.75) is 38.1 Å². The standard InChI is InChI=1S/C15H21N3O4S3/c1-4-18(12-5-6-24(19,20)9-12)25(21,22)15-8-14(23-11(15)3)13-7-10(2)16-17-13/h7-8,12H,4-6,9H2,1-3H3,(H,16,17). The van der Waals surface area contributed by atoms with Crippen molar-refractivity contribution in [2.75, 3.05) is 18.1 Å². The number of sulfonamides is 1. The lowest BCUT2D eigenvalue weighted by atomic mass is 10.3. The van der Waals surface area contributed by atoms with E-state index >= 15 is 0 Å². The number of sulfone groups is 1. The van der Waals surface area contributed by atoms with Gasteiger partial charge in [0.05, 0.1) is 21.3 Å². The summed E-state index contributed by atoms with van der Waals surface area (Å²) in [7, 11) is -6.91. The molecule has 0 aliphatic carbocycles. The van der Waals surface area contributed by atoms with Crippen molar-refractivity contribution in [1.82, 2.24) is 14.5 Å². The van der Waals surface area contributed by atoms with Gasteiger partial charge in [0.15, 0.2) is 9.84 Å². The lowest BCUT2D eigenvalue weighted by molar-refractivity contribution is 0.354. The van der Waals surface area contributed by atoms with Crippen LogP contribution in [0.25, 0.3) is 10.6 Å². The molecule has 7 nitrogen and oxygen atoms in total. The maximum Gasteiger partial charge on any atom is 0.244 e. The van der Waals surface area contributed by atoms with Gasteiger partial charge in [-0.25, -0.2) is 16.8 Å². The zero-order valence-corrected chi connectivity index (χ0v) is 16.8. The molecule has 3 heterocycles. The molecule has 2 aromatic heterocycles. The highest BCUT2D eigenvalue weighted by molar-refractivity contribution is 7.92. The Labute approximate surface area is 152 Å². The third-order valence-corrected chi connectivity index (χ3v) is 9.45. The summed E-state index contributed by atoms with van der Waals surface area (Å²) >= 11 is 1.37. The molecule has 0 aromatic carbocycles. The van der Waals surface area contributed by atoms with Crippen molar-refractivity contribution in [3.05, 3.63) is 22.7 Å². The summed E-state index contributed by atoms with van der Waals surface area (Å²) in [6, 6.07) is 3.01. The summed E-state index contributed by atoms with van der Waals surface area (Å²) in [5, 5.41) is 7.03. The number of nitrogens with zero attached hydrogens (tertiary/aromatic N) is 2. The first-order valence-corrected chi connectivity index (χ1v) is 12.1. The number of nitrogens with one attached hydrogen (secondary N) is 1. The lowest BCUT2D eigenvalue weighted by Crippen LogP contribution is -2.40. The van der Waals surface area contributed by atoms with Crippen molar-refractivity contribution in [3.63, 3.8) is 0 Å². The number of thiophene rings is 1. The molecular weight excluding hydrogens is 382 g/mol. The van der Waals surface area contributed by atoms with Gasteiger partial charge in [0.1, 0.15) is 5.69 Å². The van der Waals surface area contributed by atoms with Gasteiger partial charge in [0, 0.05) is 23.2 Å². The van der Waals surface area contributed by atoms with E-state index in [2.05, 4.69) is 10.2 Å². The first-order chi connectivity index (χ1) is 11.6. The van der Waals surface area contributed by atoms with Crippen LogP contribution in [-0.4, -0.2) is 55.4 Å². The van der Waals surface area contributed by atoms with Gasteiger partial charge in [-0.3, -0.25) is 5.10 Å². The smallest absolute Gasteiger partial charge is 0.244 e. The lowest BCUT2D eigenvalue weighted by Gasteiger charge is -2.25. The molecule has 0 amide bonds. The molecule has 2 aromatic rings. The Bertz CT molecular complexity index is 989. The molecule has 0 spiro atoms. The summed E-state index contributed by atoms with van der Waals surface area (Å²) < 4.78 is 51.1. The van der Waals surface area contributed by atoms with Crippen molar-refractivity contribution in [3.8, 4) is 10.6 Å². The Kier molecular flexibility index (Phi) is 4.82. The molecule has 1 atom stereocenters. The van der Waals surface area contributed by atoms with Crippen LogP contribution in [0.15, 0.2) is 17.0 Å². The molecule has 1 aliphatic rings. The fraction of sp³-hybridized carbons (Fsp3) is 0.533. The molecule has 25 heavy (non-hydrogen) atoms. The largest absolute Gasteiger partial charge is 0.282 e. The van der Waals surface area contributed by atoms with Gasteiger partial charge in [0.25, 0.3) is 0 Å². The number of aromatic nitrogens is 2. The first-order valence-electron chi connectivity index (χ1n) is 7.99. The van der Waals surface area contributed by atoms with Gasteiger partial charge in [-0.1, -0.05) is 6.92 Å². The number of aromatic amines is 1. The second kappa shape index (κ2) is 6.49. The normalized spacial score (nSPS) is 20.4. The van der Waals surface area contributed by atoms with Gasteiger partial charge in [0.2, 0.25) is 10.0 Å². The predicted molar refractivity (Wildman–Crippen MR) is 98.0 cm³/mol. The molecule has 0 saturated carbocycles. The SMILES string of the molecule is CCN(C1CCS(=O)(=O)C1)S(=O)(=O)c1cc(-c2cc(C)[nH]n2)sc1C. The van der Waals surface area contributed by atoms with Crippen LogP contribution in [0.2, 0.25) is 0 Å². The minimum Gasteiger partial charge on any atom is -0.282 e. The van der Waals surface area contributed by atoms with E-state index in [0.717, 1.165) is 10.6 Å². The Hall–Kier alpha value is -1.23. The van der Waals surface area contributed by atoms with Crippen LogP contribution in [0.3, 0.4) is 0 Å². The number of hydrogen-bond donors (Lipinski definition) is 1. The molecule has 0 bridgehead atoms. The third kappa shape index (κ3) is 3.53. The molecule has 0 radical (unpaired) electrons. The Morgan fingerprint density at radius 3 is 2.60 bits per heavy atom. The summed E-state index contributed by atoms with van der Waals surface area (Å²) in [6.45, 7) is 5.63. The Morgan fingerprint density at radius 1 is 1.36 bits per heavy atom. The molecule has 1 aliphatic heterocycles. The minimum absolute atomic E-state index is 0.0457. The van der Waals surface area contributed by atoms with Crippen LogP contribution >= 0.6 is 11.3 Å². The third-order valence-electron chi connectivity index (χ3n) is 4.34. The van der Waals surface area contributed by atoms with Gasteiger partial charge < -0.3 is 0 Å². The van der Waals surface area contributed by atoms with Crippen LogP contribution in [-0.2, 0) is 19.9 Å². The molecular formula is C15H21N3O4S3. The van der Waals surface area contributed by atoms with Crippen LogP contribution in [0, 0.1) is 13.8 Å². The Balaban J connectivity index is 1.98. The molecule has 138 valence electrons. The molecule has 10 heteroatoms. The number of aryl methyl sites for hydroxylation is 2. The maximum absolute atomic E-state index is 13.1. The first kappa shape index (κ1) is 18.6. The highest BCUT2D eigenvalue weighted by atomic mass is 32.2. The summed E-state index contributed by atoms with van der Waals surface area (Å²) in [4.78, 5) is 1.68. The quantitative estimate of drug-likeness (QED) is 0.822. The number of rotatable bonds is 5. The molecule has 1 saturated heterocycles. The van der Waals surface area contributed by atoms with E-state index in [-0.39, 0.29) is 22.9 Å².